The van der Waals surface area contributed by atoms with Gasteiger partial charge in [0.25, 0.3) is 0 Å². The first-order valence-electron chi connectivity index (χ1n) is 6.65. The third-order valence-corrected chi connectivity index (χ3v) is 2.48. The molecule has 0 radical (unpaired) electrons. The summed E-state index contributed by atoms with van der Waals surface area (Å²) in [6, 6.07) is 3.95. The van der Waals surface area contributed by atoms with E-state index in [1.807, 2.05) is 26.0 Å². The molecule has 0 fully saturated rings. The Morgan fingerprint density at radius 2 is 2.06 bits per heavy atom. The molecular weight excluding hydrogens is 228 g/mol. The lowest BCUT2D eigenvalue weighted by atomic mass is 10.2. The van der Waals surface area contributed by atoms with Gasteiger partial charge in [-0.05, 0) is 38.9 Å². The van der Waals surface area contributed by atoms with Crippen LogP contribution < -0.4 is 10.1 Å². The van der Waals surface area contributed by atoms with Gasteiger partial charge in [0, 0.05) is 18.8 Å². The average molecular weight is 252 g/mol. The molecule has 0 aliphatic carbocycles. The number of hydrogen-bond donors (Lipinski definition) is 1. The standard InChI is InChI=1S/C14H24N2O2/c1-4-8-15-11-13-14(7-6-12(3)16-13)18-10-9-17-5-2/h6-7,15H,4-5,8-11H2,1-3H3. The Kier molecular flexibility index (Phi) is 7.37. The van der Waals surface area contributed by atoms with Crippen molar-refractivity contribution >= 4 is 0 Å². The molecule has 1 heterocycles. The highest BCUT2D eigenvalue weighted by molar-refractivity contribution is 5.29. The van der Waals surface area contributed by atoms with Crippen molar-refractivity contribution in [2.75, 3.05) is 26.4 Å². The molecule has 0 saturated heterocycles. The van der Waals surface area contributed by atoms with E-state index in [1.165, 1.54) is 0 Å². The Balaban J connectivity index is 2.52. The summed E-state index contributed by atoms with van der Waals surface area (Å²) >= 11 is 0. The number of pyridine rings is 1. The van der Waals surface area contributed by atoms with Crippen molar-refractivity contribution in [3.63, 3.8) is 0 Å². The van der Waals surface area contributed by atoms with Crippen molar-refractivity contribution in [1.29, 1.82) is 0 Å². The van der Waals surface area contributed by atoms with Crippen LogP contribution in [0.25, 0.3) is 0 Å². The first-order valence-corrected chi connectivity index (χ1v) is 6.65. The van der Waals surface area contributed by atoms with Crippen molar-refractivity contribution in [2.24, 2.45) is 0 Å². The van der Waals surface area contributed by atoms with Gasteiger partial charge in [-0.15, -0.1) is 0 Å². The van der Waals surface area contributed by atoms with Crippen LogP contribution >= 0.6 is 0 Å². The van der Waals surface area contributed by atoms with Crippen LogP contribution in [-0.2, 0) is 11.3 Å². The Morgan fingerprint density at radius 1 is 1.22 bits per heavy atom. The van der Waals surface area contributed by atoms with Crippen LogP contribution in [0.3, 0.4) is 0 Å². The van der Waals surface area contributed by atoms with Crippen molar-refractivity contribution in [2.45, 2.75) is 33.7 Å². The van der Waals surface area contributed by atoms with Gasteiger partial charge in [0.1, 0.15) is 12.4 Å². The maximum atomic E-state index is 5.70. The SMILES string of the molecule is CCCNCc1nc(C)ccc1OCCOCC. The molecule has 0 spiro atoms. The van der Waals surface area contributed by atoms with E-state index in [9.17, 15) is 0 Å². The van der Waals surface area contributed by atoms with Crippen molar-refractivity contribution in [1.82, 2.24) is 10.3 Å². The fraction of sp³-hybridized carbons (Fsp3) is 0.643. The summed E-state index contributed by atoms with van der Waals surface area (Å²) in [5, 5.41) is 3.35. The van der Waals surface area contributed by atoms with Gasteiger partial charge in [0.05, 0.1) is 12.3 Å². The highest BCUT2D eigenvalue weighted by atomic mass is 16.5. The minimum Gasteiger partial charge on any atom is -0.489 e. The monoisotopic (exact) mass is 252 g/mol. The Labute approximate surface area is 110 Å². The zero-order valence-electron chi connectivity index (χ0n) is 11.7. The summed E-state index contributed by atoms with van der Waals surface area (Å²) in [5.74, 6) is 0.851. The number of hydrogen-bond acceptors (Lipinski definition) is 4. The second-order valence-electron chi connectivity index (χ2n) is 4.12. The lowest BCUT2D eigenvalue weighted by Crippen LogP contribution is -2.17. The smallest absolute Gasteiger partial charge is 0.142 e. The summed E-state index contributed by atoms with van der Waals surface area (Å²) in [6.45, 7) is 9.77. The zero-order valence-corrected chi connectivity index (χ0v) is 11.7. The van der Waals surface area contributed by atoms with E-state index < -0.39 is 0 Å². The second-order valence-corrected chi connectivity index (χ2v) is 4.12. The summed E-state index contributed by atoms with van der Waals surface area (Å²) < 4.78 is 11.0. The number of nitrogens with zero attached hydrogens (tertiary/aromatic N) is 1. The van der Waals surface area contributed by atoms with Gasteiger partial charge in [-0.25, -0.2) is 0 Å². The van der Waals surface area contributed by atoms with E-state index in [4.69, 9.17) is 9.47 Å². The van der Waals surface area contributed by atoms with Crippen LogP contribution in [0.15, 0.2) is 12.1 Å². The minimum atomic E-state index is 0.569. The topological polar surface area (TPSA) is 43.4 Å². The van der Waals surface area contributed by atoms with Gasteiger partial charge >= 0.3 is 0 Å². The average Bonchev–Trinajstić information content (AvgIpc) is 2.37. The number of aromatic nitrogens is 1. The molecule has 102 valence electrons. The fourth-order valence-corrected chi connectivity index (χ4v) is 1.59. The molecule has 4 nitrogen and oxygen atoms in total. The summed E-state index contributed by atoms with van der Waals surface area (Å²) in [5.41, 5.74) is 1.99. The van der Waals surface area contributed by atoms with Crippen LogP contribution in [0.4, 0.5) is 0 Å². The Bertz CT molecular complexity index is 343. The minimum absolute atomic E-state index is 0.569. The number of rotatable bonds is 9. The highest BCUT2D eigenvalue weighted by Gasteiger charge is 2.05. The number of aryl methyl sites for hydroxylation is 1. The van der Waals surface area contributed by atoms with Crippen LogP contribution in [0.5, 0.6) is 5.75 Å². The van der Waals surface area contributed by atoms with Crippen LogP contribution in [0, 0.1) is 6.92 Å². The summed E-state index contributed by atoms with van der Waals surface area (Å²) in [6.07, 6.45) is 1.12. The normalized spacial score (nSPS) is 10.6. The van der Waals surface area contributed by atoms with E-state index >= 15 is 0 Å². The second kappa shape index (κ2) is 8.89. The van der Waals surface area contributed by atoms with Crippen LogP contribution in [0.2, 0.25) is 0 Å². The third kappa shape index (κ3) is 5.47. The Morgan fingerprint density at radius 3 is 2.78 bits per heavy atom. The molecule has 1 aromatic rings. The van der Waals surface area contributed by atoms with Crippen molar-refractivity contribution < 1.29 is 9.47 Å². The first kappa shape index (κ1) is 14.9. The predicted octanol–water partition coefficient (Wildman–Crippen LogP) is 2.30. The van der Waals surface area contributed by atoms with Gasteiger partial charge in [0.15, 0.2) is 0 Å². The molecule has 0 bridgehead atoms. The molecule has 0 amide bonds. The maximum Gasteiger partial charge on any atom is 0.142 e. The molecule has 0 atom stereocenters. The van der Waals surface area contributed by atoms with Crippen molar-refractivity contribution in [3.05, 3.63) is 23.5 Å². The molecule has 0 unspecified atom stereocenters. The van der Waals surface area contributed by atoms with E-state index in [2.05, 4.69) is 17.2 Å². The molecule has 1 rings (SSSR count). The van der Waals surface area contributed by atoms with E-state index in [0.717, 1.165) is 43.3 Å². The predicted molar refractivity (Wildman–Crippen MR) is 73.0 cm³/mol. The van der Waals surface area contributed by atoms with E-state index in [-0.39, 0.29) is 0 Å². The molecule has 0 saturated carbocycles. The van der Waals surface area contributed by atoms with Gasteiger partial charge in [-0.3, -0.25) is 4.98 Å². The van der Waals surface area contributed by atoms with E-state index in [1.54, 1.807) is 0 Å². The van der Waals surface area contributed by atoms with Crippen molar-refractivity contribution in [3.8, 4) is 5.75 Å². The van der Waals surface area contributed by atoms with Gasteiger partial charge in [0.2, 0.25) is 0 Å². The molecule has 0 aliphatic heterocycles. The van der Waals surface area contributed by atoms with Gasteiger partial charge in [-0.1, -0.05) is 6.92 Å². The molecule has 0 aromatic carbocycles. The lowest BCUT2D eigenvalue weighted by Gasteiger charge is -2.12. The molecule has 1 N–H and O–H groups in total. The molecular formula is C14H24N2O2. The zero-order chi connectivity index (χ0) is 13.2. The van der Waals surface area contributed by atoms with Gasteiger partial charge in [-0.2, -0.15) is 0 Å². The fourth-order valence-electron chi connectivity index (χ4n) is 1.59. The largest absolute Gasteiger partial charge is 0.489 e. The molecule has 4 heteroatoms. The third-order valence-electron chi connectivity index (χ3n) is 2.48. The molecule has 0 aliphatic rings. The summed E-state index contributed by atoms with van der Waals surface area (Å²) in [7, 11) is 0. The number of ether oxygens (including phenoxy) is 2. The molecule has 1 aromatic heterocycles. The van der Waals surface area contributed by atoms with Crippen LogP contribution in [0.1, 0.15) is 31.7 Å². The van der Waals surface area contributed by atoms with Gasteiger partial charge < -0.3 is 14.8 Å². The first-order chi connectivity index (χ1) is 8.77. The maximum absolute atomic E-state index is 5.70. The Hall–Kier alpha value is -1.13. The number of nitrogens with one attached hydrogen (secondary N) is 1. The highest BCUT2D eigenvalue weighted by Crippen LogP contribution is 2.16. The van der Waals surface area contributed by atoms with E-state index in [0.29, 0.717) is 13.2 Å². The summed E-state index contributed by atoms with van der Waals surface area (Å²) in [4.78, 5) is 4.52. The molecule has 18 heavy (non-hydrogen) atoms. The lowest BCUT2D eigenvalue weighted by molar-refractivity contribution is 0.109. The van der Waals surface area contributed by atoms with Crippen LogP contribution in [-0.4, -0.2) is 31.3 Å². The quantitative estimate of drug-likeness (QED) is 0.685.